The molecule has 138 valence electrons. The van der Waals surface area contributed by atoms with Gasteiger partial charge in [-0.25, -0.2) is 0 Å². The molecule has 2 amide bonds. The topological polar surface area (TPSA) is 80.8 Å². The number of hydrogen-bond acceptors (Lipinski definition) is 5. The zero-order valence-electron chi connectivity index (χ0n) is 14.9. The van der Waals surface area contributed by atoms with Crippen LogP contribution in [0.25, 0.3) is 0 Å². The third-order valence-corrected chi connectivity index (χ3v) is 4.47. The molecule has 0 aromatic heterocycles. The molecular weight excluding hydrogens is 346 g/mol. The fourth-order valence-corrected chi connectivity index (χ4v) is 2.87. The minimum absolute atomic E-state index is 0.0788. The van der Waals surface area contributed by atoms with Crippen molar-refractivity contribution in [1.82, 2.24) is 4.90 Å². The number of aryl methyl sites for hydroxylation is 1. The van der Waals surface area contributed by atoms with Crippen molar-refractivity contribution in [3.63, 3.8) is 0 Å². The first kappa shape index (κ1) is 18.5. The van der Waals surface area contributed by atoms with Gasteiger partial charge in [-0.3, -0.25) is 24.1 Å². The number of Topliss-reactive ketones (excluding diaryl/α,β-unsaturated/α-hetero) is 1. The molecule has 0 spiro atoms. The van der Waals surface area contributed by atoms with Crippen molar-refractivity contribution in [3.8, 4) is 0 Å². The molecule has 1 heterocycles. The molecule has 0 N–H and O–H groups in total. The van der Waals surface area contributed by atoms with Gasteiger partial charge in [0.2, 0.25) is 0 Å². The average Bonchev–Trinajstić information content (AvgIpc) is 2.95. The number of carbonyl (C=O) groups is 4. The van der Waals surface area contributed by atoms with Gasteiger partial charge in [0.25, 0.3) is 11.8 Å². The lowest BCUT2D eigenvalue weighted by atomic mass is 10.1. The van der Waals surface area contributed by atoms with Crippen molar-refractivity contribution in [1.29, 1.82) is 0 Å². The molecule has 6 heteroatoms. The van der Waals surface area contributed by atoms with Crippen LogP contribution in [0.1, 0.15) is 50.0 Å². The van der Waals surface area contributed by atoms with Crippen LogP contribution in [0.3, 0.4) is 0 Å². The van der Waals surface area contributed by atoms with Crippen molar-refractivity contribution in [3.05, 3.63) is 70.8 Å². The maximum atomic E-state index is 12.2. The molecule has 0 unspecified atom stereocenters. The standard InChI is InChI=1S/C21H19NO5/c1-2-14-7-9-15(10-8-14)18(23)13-27-19(24)11-12-22-20(25)16-5-3-4-6-17(16)21(22)26/h3-10H,2,11-13H2,1H3. The number of hydrogen-bond donors (Lipinski definition) is 0. The number of imide groups is 1. The van der Waals surface area contributed by atoms with Crippen LogP contribution in [0.5, 0.6) is 0 Å². The lowest BCUT2D eigenvalue weighted by Gasteiger charge is -2.13. The molecule has 1 aliphatic heterocycles. The van der Waals surface area contributed by atoms with E-state index in [-0.39, 0.29) is 25.4 Å². The second-order valence-electron chi connectivity index (χ2n) is 6.19. The van der Waals surface area contributed by atoms with Gasteiger partial charge in [-0.05, 0) is 24.1 Å². The summed E-state index contributed by atoms with van der Waals surface area (Å²) in [6, 6.07) is 13.6. The monoisotopic (exact) mass is 365 g/mol. The van der Waals surface area contributed by atoms with Gasteiger partial charge in [0.15, 0.2) is 12.4 Å². The quantitative estimate of drug-likeness (QED) is 0.428. The van der Waals surface area contributed by atoms with Crippen LogP contribution >= 0.6 is 0 Å². The first-order chi connectivity index (χ1) is 13.0. The summed E-state index contributed by atoms with van der Waals surface area (Å²) in [6.45, 7) is 1.57. The van der Waals surface area contributed by atoms with Crippen LogP contribution in [0, 0.1) is 0 Å². The largest absolute Gasteiger partial charge is 0.457 e. The fraction of sp³-hybridized carbons (Fsp3) is 0.238. The third kappa shape index (κ3) is 3.95. The van der Waals surface area contributed by atoms with E-state index in [0.717, 1.165) is 16.9 Å². The van der Waals surface area contributed by atoms with Crippen molar-refractivity contribution >= 4 is 23.6 Å². The summed E-state index contributed by atoms with van der Waals surface area (Å²) in [6.07, 6.45) is 0.717. The summed E-state index contributed by atoms with van der Waals surface area (Å²) >= 11 is 0. The molecule has 0 atom stereocenters. The number of nitrogens with zero attached hydrogens (tertiary/aromatic N) is 1. The fourth-order valence-electron chi connectivity index (χ4n) is 2.87. The Kier molecular flexibility index (Phi) is 5.45. The Labute approximate surface area is 156 Å². The Morgan fingerprint density at radius 3 is 2.07 bits per heavy atom. The number of rotatable bonds is 7. The number of esters is 1. The number of ketones is 1. The summed E-state index contributed by atoms with van der Waals surface area (Å²) < 4.78 is 4.98. The van der Waals surface area contributed by atoms with Crippen LogP contribution in [0.4, 0.5) is 0 Å². The SMILES string of the molecule is CCc1ccc(C(=O)COC(=O)CCN2C(=O)c3ccccc3C2=O)cc1. The Morgan fingerprint density at radius 2 is 1.52 bits per heavy atom. The Balaban J connectivity index is 1.49. The summed E-state index contributed by atoms with van der Waals surface area (Å²) in [7, 11) is 0. The molecule has 1 aliphatic rings. The molecule has 2 aromatic rings. The number of amides is 2. The first-order valence-electron chi connectivity index (χ1n) is 8.74. The molecular formula is C21H19NO5. The highest BCUT2D eigenvalue weighted by atomic mass is 16.5. The summed E-state index contributed by atoms with van der Waals surface area (Å²) in [4.78, 5) is 49.4. The molecule has 0 bridgehead atoms. The van der Waals surface area contributed by atoms with Crippen LogP contribution in [0.15, 0.2) is 48.5 Å². The minimum Gasteiger partial charge on any atom is -0.457 e. The van der Waals surface area contributed by atoms with E-state index < -0.39 is 17.8 Å². The highest BCUT2D eigenvalue weighted by molar-refractivity contribution is 6.21. The predicted molar refractivity (Wildman–Crippen MR) is 97.5 cm³/mol. The predicted octanol–water partition coefficient (Wildman–Crippen LogP) is 2.66. The lowest BCUT2D eigenvalue weighted by Crippen LogP contribution is -2.32. The lowest BCUT2D eigenvalue weighted by molar-refractivity contribution is -0.142. The zero-order valence-corrected chi connectivity index (χ0v) is 14.9. The maximum absolute atomic E-state index is 12.2. The minimum atomic E-state index is -0.634. The van der Waals surface area contributed by atoms with Gasteiger partial charge in [0.05, 0.1) is 17.5 Å². The second kappa shape index (κ2) is 7.95. The highest BCUT2D eigenvalue weighted by Gasteiger charge is 2.35. The molecule has 0 saturated heterocycles. The highest BCUT2D eigenvalue weighted by Crippen LogP contribution is 2.22. The smallest absolute Gasteiger partial charge is 0.308 e. The molecule has 6 nitrogen and oxygen atoms in total. The Bertz CT molecular complexity index is 866. The van der Waals surface area contributed by atoms with Crippen molar-refractivity contribution < 1.29 is 23.9 Å². The molecule has 0 radical (unpaired) electrons. The van der Waals surface area contributed by atoms with E-state index in [0.29, 0.717) is 16.7 Å². The Morgan fingerprint density at radius 1 is 0.926 bits per heavy atom. The number of fused-ring (bicyclic) bond motifs is 1. The van der Waals surface area contributed by atoms with E-state index in [1.54, 1.807) is 36.4 Å². The summed E-state index contributed by atoms with van der Waals surface area (Å²) in [5.41, 5.74) is 2.26. The molecule has 0 aliphatic carbocycles. The average molecular weight is 365 g/mol. The number of benzene rings is 2. The van der Waals surface area contributed by atoms with Gasteiger partial charge in [0.1, 0.15) is 0 Å². The zero-order chi connectivity index (χ0) is 19.4. The van der Waals surface area contributed by atoms with E-state index in [1.165, 1.54) is 0 Å². The van der Waals surface area contributed by atoms with E-state index in [9.17, 15) is 19.2 Å². The van der Waals surface area contributed by atoms with Crippen LogP contribution in [-0.2, 0) is 16.0 Å². The number of ether oxygens (including phenoxy) is 1. The molecule has 27 heavy (non-hydrogen) atoms. The first-order valence-corrected chi connectivity index (χ1v) is 8.74. The van der Waals surface area contributed by atoms with Gasteiger partial charge >= 0.3 is 5.97 Å². The van der Waals surface area contributed by atoms with E-state index in [2.05, 4.69) is 0 Å². The van der Waals surface area contributed by atoms with Gasteiger partial charge in [-0.1, -0.05) is 43.3 Å². The number of carbonyl (C=O) groups excluding carboxylic acids is 4. The van der Waals surface area contributed by atoms with Gasteiger partial charge in [-0.15, -0.1) is 0 Å². The molecule has 0 saturated carbocycles. The van der Waals surface area contributed by atoms with Crippen LogP contribution in [-0.4, -0.2) is 41.6 Å². The third-order valence-electron chi connectivity index (χ3n) is 4.47. The van der Waals surface area contributed by atoms with Crippen molar-refractivity contribution in [2.24, 2.45) is 0 Å². The molecule has 2 aromatic carbocycles. The van der Waals surface area contributed by atoms with Gasteiger partial charge in [-0.2, -0.15) is 0 Å². The van der Waals surface area contributed by atoms with E-state index in [1.807, 2.05) is 19.1 Å². The molecule has 0 fully saturated rings. The summed E-state index contributed by atoms with van der Waals surface area (Å²) in [5.74, 6) is -1.78. The van der Waals surface area contributed by atoms with Gasteiger partial charge in [0, 0.05) is 12.1 Å². The second-order valence-corrected chi connectivity index (χ2v) is 6.19. The normalized spacial score (nSPS) is 12.9. The van der Waals surface area contributed by atoms with Crippen molar-refractivity contribution in [2.75, 3.05) is 13.2 Å². The summed E-state index contributed by atoms with van der Waals surface area (Å²) in [5, 5.41) is 0. The van der Waals surface area contributed by atoms with Gasteiger partial charge < -0.3 is 4.74 Å². The maximum Gasteiger partial charge on any atom is 0.308 e. The van der Waals surface area contributed by atoms with Crippen LogP contribution < -0.4 is 0 Å². The molecule has 3 rings (SSSR count). The van der Waals surface area contributed by atoms with E-state index in [4.69, 9.17) is 4.74 Å². The van der Waals surface area contributed by atoms with Crippen molar-refractivity contribution in [2.45, 2.75) is 19.8 Å². The van der Waals surface area contributed by atoms with E-state index >= 15 is 0 Å². The Hall–Kier alpha value is -3.28. The van der Waals surface area contributed by atoms with Crippen LogP contribution in [0.2, 0.25) is 0 Å².